The van der Waals surface area contributed by atoms with Crippen LogP contribution in [-0.2, 0) is 11.2 Å². The van der Waals surface area contributed by atoms with Crippen LogP contribution >= 0.6 is 0 Å². The van der Waals surface area contributed by atoms with Crippen LogP contribution in [0.3, 0.4) is 0 Å². The normalized spacial score (nSPS) is 20.7. The van der Waals surface area contributed by atoms with Gasteiger partial charge in [0.25, 0.3) is 0 Å². The zero-order valence-corrected chi connectivity index (χ0v) is 11.3. The summed E-state index contributed by atoms with van der Waals surface area (Å²) in [5, 5.41) is 3.50. The van der Waals surface area contributed by atoms with Gasteiger partial charge < -0.3 is 10.1 Å². The Morgan fingerprint density at radius 1 is 1.37 bits per heavy atom. The van der Waals surface area contributed by atoms with Crippen molar-refractivity contribution in [3.8, 4) is 0 Å². The van der Waals surface area contributed by atoms with Crippen molar-refractivity contribution >= 4 is 0 Å². The number of hydrogen-bond acceptors (Lipinski definition) is 2. The first-order valence-corrected chi connectivity index (χ1v) is 6.95. The molecule has 2 atom stereocenters. The van der Waals surface area contributed by atoms with E-state index >= 15 is 0 Å². The van der Waals surface area contributed by atoms with Crippen molar-refractivity contribution < 1.29 is 13.5 Å². The standard InChI is InChI=1S/C15H21F2NO/c1-2-6-18-15(12-5-7-19-10-12)9-11-3-4-13(16)14(17)8-11/h3-4,8,12,15,18H,2,5-7,9-10H2,1H3. The van der Waals surface area contributed by atoms with Gasteiger partial charge >= 0.3 is 0 Å². The Balaban J connectivity index is 2.03. The number of nitrogens with one attached hydrogen (secondary N) is 1. The quantitative estimate of drug-likeness (QED) is 0.857. The molecular weight excluding hydrogens is 248 g/mol. The van der Waals surface area contributed by atoms with Gasteiger partial charge in [0.05, 0.1) is 6.61 Å². The molecule has 2 nitrogen and oxygen atoms in total. The minimum absolute atomic E-state index is 0.271. The van der Waals surface area contributed by atoms with Gasteiger partial charge in [0.2, 0.25) is 0 Å². The van der Waals surface area contributed by atoms with E-state index in [4.69, 9.17) is 4.74 Å². The highest BCUT2D eigenvalue weighted by molar-refractivity contribution is 5.19. The SMILES string of the molecule is CCCNC(Cc1ccc(F)c(F)c1)C1CCOC1. The Morgan fingerprint density at radius 2 is 2.21 bits per heavy atom. The zero-order valence-electron chi connectivity index (χ0n) is 11.3. The Morgan fingerprint density at radius 3 is 2.84 bits per heavy atom. The number of ether oxygens (including phenoxy) is 1. The first kappa shape index (κ1) is 14.4. The van der Waals surface area contributed by atoms with Crippen molar-refractivity contribution in [2.45, 2.75) is 32.2 Å². The molecule has 1 saturated heterocycles. The topological polar surface area (TPSA) is 21.3 Å². The molecule has 106 valence electrons. The first-order chi connectivity index (χ1) is 9.20. The summed E-state index contributed by atoms with van der Waals surface area (Å²) in [4.78, 5) is 0. The van der Waals surface area contributed by atoms with Crippen molar-refractivity contribution in [2.24, 2.45) is 5.92 Å². The molecule has 2 unspecified atom stereocenters. The minimum Gasteiger partial charge on any atom is -0.381 e. The summed E-state index contributed by atoms with van der Waals surface area (Å²) in [7, 11) is 0. The second kappa shape index (κ2) is 6.96. The molecule has 1 aromatic carbocycles. The van der Waals surface area contributed by atoms with Crippen LogP contribution in [0.5, 0.6) is 0 Å². The van der Waals surface area contributed by atoms with Gasteiger partial charge in [0, 0.05) is 18.6 Å². The van der Waals surface area contributed by atoms with Gasteiger partial charge in [0.1, 0.15) is 0 Å². The molecule has 0 radical (unpaired) electrons. The lowest BCUT2D eigenvalue weighted by atomic mass is 9.92. The average Bonchev–Trinajstić information content (AvgIpc) is 2.92. The number of rotatable bonds is 6. The molecule has 0 amide bonds. The summed E-state index contributed by atoms with van der Waals surface area (Å²) in [5.74, 6) is -1.10. The molecule has 4 heteroatoms. The molecule has 1 fully saturated rings. The van der Waals surface area contributed by atoms with E-state index in [-0.39, 0.29) is 6.04 Å². The highest BCUT2D eigenvalue weighted by atomic mass is 19.2. The molecule has 2 rings (SSSR count). The van der Waals surface area contributed by atoms with Crippen LogP contribution in [0.1, 0.15) is 25.3 Å². The van der Waals surface area contributed by atoms with E-state index in [0.29, 0.717) is 12.3 Å². The Bertz CT molecular complexity index is 405. The highest BCUT2D eigenvalue weighted by Crippen LogP contribution is 2.21. The molecule has 1 aliphatic heterocycles. The lowest BCUT2D eigenvalue weighted by molar-refractivity contribution is 0.176. The molecule has 1 N–H and O–H groups in total. The minimum atomic E-state index is -0.786. The Kier molecular flexibility index (Phi) is 5.28. The molecule has 1 aromatic rings. The highest BCUT2D eigenvalue weighted by Gasteiger charge is 2.25. The van der Waals surface area contributed by atoms with E-state index in [9.17, 15) is 8.78 Å². The maximum absolute atomic E-state index is 13.2. The van der Waals surface area contributed by atoms with Gasteiger partial charge in [-0.15, -0.1) is 0 Å². The van der Waals surface area contributed by atoms with E-state index in [1.54, 1.807) is 6.07 Å². The Labute approximate surface area is 113 Å². The summed E-state index contributed by atoms with van der Waals surface area (Å²) in [6.45, 7) is 4.61. The average molecular weight is 269 g/mol. The van der Waals surface area contributed by atoms with Gasteiger partial charge in [-0.3, -0.25) is 0 Å². The fraction of sp³-hybridized carbons (Fsp3) is 0.600. The molecule has 0 aliphatic carbocycles. The Hall–Kier alpha value is -1.00. The van der Waals surface area contributed by atoms with Crippen molar-refractivity contribution in [3.05, 3.63) is 35.4 Å². The fourth-order valence-corrected chi connectivity index (χ4v) is 2.53. The summed E-state index contributed by atoms with van der Waals surface area (Å²) >= 11 is 0. The largest absolute Gasteiger partial charge is 0.381 e. The molecule has 0 bridgehead atoms. The maximum Gasteiger partial charge on any atom is 0.159 e. The third-order valence-electron chi connectivity index (χ3n) is 3.63. The van der Waals surface area contributed by atoms with Crippen LogP contribution < -0.4 is 5.32 Å². The summed E-state index contributed by atoms with van der Waals surface area (Å²) < 4.78 is 31.6. The molecule has 0 spiro atoms. The molecular formula is C15H21F2NO. The van der Waals surface area contributed by atoms with Crippen molar-refractivity contribution in [1.82, 2.24) is 5.32 Å². The van der Waals surface area contributed by atoms with Gasteiger partial charge in [0.15, 0.2) is 11.6 Å². The van der Waals surface area contributed by atoms with Gasteiger partial charge in [-0.05, 0) is 43.5 Å². The smallest absolute Gasteiger partial charge is 0.159 e. The summed E-state index contributed by atoms with van der Waals surface area (Å²) in [5.41, 5.74) is 0.833. The van der Waals surface area contributed by atoms with E-state index in [1.807, 2.05) is 0 Å². The number of halogens is 2. The molecule has 1 heterocycles. The fourth-order valence-electron chi connectivity index (χ4n) is 2.53. The zero-order chi connectivity index (χ0) is 13.7. The van der Waals surface area contributed by atoms with Crippen LogP contribution in [-0.4, -0.2) is 25.8 Å². The van der Waals surface area contributed by atoms with E-state index < -0.39 is 11.6 Å². The van der Waals surface area contributed by atoms with Crippen molar-refractivity contribution in [2.75, 3.05) is 19.8 Å². The number of benzene rings is 1. The van der Waals surface area contributed by atoms with Gasteiger partial charge in [-0.1, -0.05) is 13.0 Å². The van der Waals surface area contributed by atoms with Crippen LogP contribution in [0.25, 0.3) is 0 Å². The van der Waals surface area contributed by atoms with Gasteiger partial charge in [-0.25, -0.2) is 8.78 Å². The first-order valence-electron chi connectivity index (χ1n) is 6.95. The maximum atomic E-state index is 13.2. The lowest BCUT2D eigenvalue weighted by Crippen LogP contribution is -2.39. The molecule has 1 aliphatic rings. The van der Waals surface area contributed by atoms with Crippen molar-refractivity contribution in [1.29, 1.82) is 0 Å². The predicted octanol–water partition coefficient (Wildman–Crippen LogP) is 2.91. The van der Waals surface area contributed by atoms with E-state index in [1.165, 1.54) is 12.1 Å². The van der Waals surface area contributed by atoms with E-state index in [0.717, 1.165) is 38.2 Å². The lowest BCUT2D eigenvalue weighted by Gasteiger charge is -2.24. The summed E-state index contributed by atoms with van der Waals surface area (Å²) in [6.07, 6.45) is 2.80. The van der Waals surface area contributed by atoms with E-state index in [2.05, 4.69) is 12.2 Å². The molecule has 0 aromatic heterocycles. The second-order valence-corrected chi connectivity index (χ2v) is 5.14. The van der Waals surface area contributed by atoms with Crippen LogP contribution in [0.4, 0.5) is 8.78 Å². The third kappa shape index (κ3) is 3.98. The van der Waals surface area contributed by atoms with Crippen LogP contribution in [0.2, 0.25) is 0 Å². The van der Waals surface area contributed by atoms with Crippen LogP contribution in [0, 0.1) is 17.6 Å². The second-order valence-electron chi connectivity index (χ2n) is 5.14. The summed E-state index contributed by atoms with van der Waals surface area (Å²) in [6, 6.07) is 4.43. The number of hydrogen-bond donors (Lipinski definition) is 1. The van der Waals surface area contributed by atoms with Crippen molar-refractivity contribution in [3.63, 3.8) is 0 Å². The van der Waals surface area contributed by atoms with Gasteiger partial charge in [-0.2, -0.15) is 0 Å². The predicted molar refractivity (Wildman–Crippen MR) is 71.1 cm³/mol. The molecule has 19 heavy (non-hydrogen) atoms. The molecule has 0 saturated carbocycles. The third-order valence-corrected chi connectivity index (χ3v) is 3.63. The monoisotopic (exact) mass is 269 g/mol. The van der Waals surface area contributed by atoms with Crippen LogP contribution in [0.15, 0.2) is 18.2 Å².